The van der Waals surface area contributed by atoms with Crippen LogP contribution in [-0.2, 0) is 16.3 Å². The Bertz CT molecular complexity index is 434. The van der Waals surface area contributed by atoms with Crippen LogP contribution in [0.25, 0.3) is 0 Å². The minimum atomic E-state index is -2.30. The summed E-state index contributed by atoms with van der Waals surface area (Å²) < 4.78 is 11.0. The van der Waals surface area contributed by atoms with Crippen molar-refractivity contribution in [1.29, 1.82) is 0 Å². The van der Waals surface area contributed by atoms with Gasteiger partial charge in [0.15, 0.2) is 0 Å². The number of rotatable bonds is 6. The van der Waals surface area contributed by atoms with E-state index in [9.17, 15) is 10.1 Å². The van der Waals surface area contributed by atoms with E-state index in [1.807, 2.05) is 13.8 Å². The molecule has 0 amide bonds. The Hall–Kier alpha value is -0.970. The molecule has 0 spiro atoms. The zero-order chi connectivity index (χ0) is 12.9. The van der Waals surface area contributed by atoms with Crippen molar-refractivity contribution in [3.8, 4) is 5.75 Å². The van der Waals surface area contributed by atoms with Crippen molar-refractivity contribution >= 4 is 24.0 Å². The van der Waals surface area contributed by atoms with Gasteiger partial charge in [-0.2, -0.15) is 0 Å². The molecular formula is C10H14NO4PS. The standard InChI is InChI=1S/C10H14NO4PS/c1-3-14-16(17,4-2)15-10-7-5-9(6-8-10)11(12)13/h5-8H,3-4H2,1-2H3/t16-/m0/s1. The van der Waals surface area contributed by atoms with Gasteiger partial charge in [0.25, 0.3) is 5.69 Å². The van der Waals surface area contributed by atoms with E-state index in [1.165, 1.54) is 24.3 Å². The summed E-state index contributed by atoms with van der Waals surface area (Å²) in [6.45, 7) is 1.96. The second kappa shape index (κ2) is 6.10. The fourth-order valence-corrected chi connectivity index (χ4v) is 2.94. The first kappa shape index (κ1) is 14.1. The Kier molecular flexibility index (Phi) is 5.05. The topological polar surface area (TPSA) is 61.6 Å². The molecule has 0 heterocycles. The van der Waals surface area contributed by atoms with Crippen molar-refractivity contribution < 1.29 is 14.0 Å². The minimum absolute atomic E-state index is 0.0264. The van der Waals surface area contributed by atoms with Gasteiger partial charge < -0.3 is 9.05 Å². The van der Waals surface area contributed by atoms with E-state index in [0.717, 1.165) is 0 Å². The highest BCUT2D eigenvalue weighted by atomic mass is 32.5. The van der Waals surface area contributed by atoms with Gasteiger partial charge in [-0.1, -0.05) is 6.92 Å². The predicted octanol–water partition coefficient (Wildman–Crippen LogP) is 3.34. The molecule has 1 atom stereocenters. The van der Waals surface area contributed by atoms with Gasteiger partial charge in [0.2, 0.25) is 6.49 Å². The van der Waals surface area contributed by atoms with E-state index in [2.05, 4.69) is 0 Å². The van der Waals surface area contributed by atoms with Crippen LogP contribution in [0.5, 0.6) is 5.75 Å². The molecule has 0 saturated heterocycles. The molecule has 0 aliphatic rings. The molecule has 1 aromatic carbocycles. The number of hydrogen-bond acceptors (Lipinski definition) is 5. The van der Waals surface area contributed by atoms with Gasteiger partial charge >= 0.3 is 0 Å². The summed E-state index contributed by atoms with van der Waals surface area (Å²) in [6.07, 6.45) is 0.618. The summed E-state index contributed by atoms with van der Waals surface area (Å²) >= 11 is 5.30. The van der Waals surface area contributed by atoms with Crippen LogP contribution in [0.2, 0.25) is 0 Å². The zero-order valence-electron chi connectivity index (χ0n) is 9.66. The van der Waals surface area contributed by atoms with Crippen LogP contribution < -0.4 is 4.52 Å². The molecule has 0 fully saturated rings. The molecule has 0 aromatic heterocycles. The Morgan fingerprint density at radius 2 is 1.94 bits per heavy atom. The largest absolute Gasteiger partial charge is 0.443 e. The highest BCUT2D eigenvalue weighted by Crippen LogP contribution is 2.48. The molecule has 1 aromatic rings. The number of benzene rings is 1. The smallest absolute Gasteiger partial charge is 0.269 e. The van der Waals surface area contributed by atoms with Crippen molar-refractivity contribution in [3.63, 3.8) is 0 Å². The first-order valence-electron chi connectivity index (χ1n) is 5.18. The van der Waals surface area contributed by atoms with Crippen LogP contribution in [0.15, 0.2) is 24.3 Å². The van der Waals surface area contributed by atoms with Gasteiger partial charge in [-0.05, 0) is 30.9 Å². The van der Waals surface area contributed by atoms with Crippen molar-refractivity contribution in [2.75, 3.05) is 12.8 Å². The van der Waals surface area contributed by atoms with Gasteiger partial charge in [-0.3, -0.25) is 10.1 Å². The lowest BCUT2D eigenvalue weighted by atomic mass is 10.3. The van der Waals surface area contributed by atoms with Crippen LogP contribution in [-0.4, -0.2) is 17.7 Å². The Labute approximate surface area is 105 Å². The number of non-ortho nitro benzene ring substituents is 1. The predicted molar refractivity (Wildman–Crippen MR) is 70.2 cm³/mol. The third-order valence-corrected chi connectivity index (χ3v) is 5.23. The first-order chi connectivity index (χ1) is 8.00. The van der Waals surface area contributed by atoms with E-state index >= 15 is 0 Å². The highest BCUT2D eigenvalue weighted by Gasteiger charge is 2.17. The molecule has 94 valence electrons. The van der Waals surface area contributed by atoms with Gasteiger partial charge in [0.05, 0.1) is 11.5 Å². The summed E-state index contributed by atoms with van der Waals surface area (Å²) in [7, 11) is 0. The maximum Gasteiger partial charge on any atom is 0.269 e. The van der Waals surface area contributed by atoms with Crippen molar-refractivity contribution in [3.05, 3.63) is 34.4 Å². The SMILES string of the molecule is CCO[P@@](=S)(CC)Oc1ccc([N+](=O)[O-])cc1. The monoisotopic (exact) mass is 275 g/mol. The van der Waals surface area contributed by atoms with Gasteiger partial charge in [0, 0.05) is 18.3 Å². The van der Waals surface area contributed by atoms with Crippen LogP contribution in [0.4, 0.5) is 5.69 Å². The second-order valence-electron chi connectivity index (χ2n) is 3.19. The first-order valence-corrected chi connectivity index (χ1v) is 8.00. The summed E-state index contributed by atoms with van der Waals surface area (Å²) in [4.78, 5) is 10.0. The molecule has 0 aliphatic carbocycles. The number of nitrogens with zero attached hydrogens (tertiary/aromatic N) is 1. The van der Waals surface area contributed by atoms with Gasteiger partial charge in [0.1, 0.15) is 5.75 Å². The number of hydrogen-bond donors (Lipinski definition) is 0. The third-order valence-electron chi connectivity index (χ3n) is 2.01. The quantitative estimate of drug-likeness (QED) is 0.452. The molecule has 0 N–H and O–H groups in total. The molecule has 5 nitrogen and oxygen atoms in total. The molecule has 0 unspecified atom stereocenters. The van der Waals surface area contributed by atoms with Crippen LogP contribution >= 0.6 is 6.49 Å². The Morgan fingerprint density at radius 1 is 1.35 bits per heavy atom. The van der Waals surface area contributed by atoms with E-state index < -0.39 is 11.4 Å². The Morgan fingerprint density at radius 3 is 2.35 bits per heavy atom. The fraction of sp³-hybridized carbons (Fsp3) is 0.400. The van der Waals surface area contributed by atoms with Crippen molar-refractivity contribution in [2.45, 2.75) is 13.8 Å². The zero-order valence-corrected chi connectivity index (χ0v) is 11.4. The molecule has 0 saturated carbocycles. The maximum atomic E-state index is 10.5. The van der Waals surface area contributed by atoms with Crippen molar-refractivity contribution in [1.82, 2.24) is 0 Å². The lowest BCUT2D eigenvalue weighted by Gasteiger charge is -2.20. The van der Waals surface area contributed by atoms with E-state index in [4.69, 9.17) is 20.9 Å². The molecule has 17 heavy (non-hydrogen) atoms. The summed E-state index contributed by atoms with van der Waals surface area (Å²) in [5, 5.41) is 10.5. The molecule has 0 aliphatic heterocycles. The number of nitro groups is 1. The number of nitro benzene ring substituents is 1. The summed E-state index contributed by atoms with van der Waals surface area (Å²) in [6, 6.07) is 5.84. The molecule has 0 bridgehead atoms. The third kappa shape index (κ3) is 4.07. The van der Waals surface area contributed by atoms with Gasteiger partial charge in [-0.15, -0.1) is 0 Å². The van der Waals surface area contributed by atoms with E-state index in [1.54, 1.807) is 0 Å². The summed E-state index contributed by atoms with van der Waals surface area (Å²) in [5.41, 5.74) is 0.0264. The molecular weight excluding hydrogens is 261 g/mol. The molecule has 0 radical (unpaired) electrons. The minimum Gasteiger partial charge on any atom is -0.443 e. The maximum absolute atomic E-state index is 10.5. The second-order valence-corrected chi connectivity index (χ2v) is 7.15. The Balaban J connectivity index is 2.81. The average molecular weight is 275 g/mol. The van der Waals surface area contributed by atoms with Crippen LogP contribution in [0, 0.1) is 10.1 Å². The molecule has 7 heteroatoms. The lowest BCUT2D eigenvalue weighted by Crippen LogP contribution is -2.00. The van der Waals surface area contributed by atoms with Gasteiger partial charge in [-0.25, -0.2) is 0 Å². The van der Waals surface area contributed by atoms with E-state index in [-0.39, 0.29) is 5.69 Å². The van der Waals surface area contributed by atoms with E-state index in [0.29, 0.717) is 18.5 Å². The van der Waals surface area contributed by atoms with Crippen LogP contribution in [0.3, 0.4) is 0 Å². The van der Waals surface area contributed by atoms with Crippen molar-refractivity contribution in [2.24, 2.45) is 0 Å². The average Bonchev–Trinajstić information content (AvgIpc) is 2.30. The highest BCUT2D eigenvalue weighted by molar-refractivity contribution is 8.10. The lowest BCUT2D eigenvalue weighted by molar-refractivity contribution is -0.384. The summed E-state index contributed by atoms with van der Waals surface area (Å²) in [5.74, 6) is 0.509. The normalized spacial score (nSPS) is 14.0. The van der Waals surface area contributed by atoms with Crippen LogP contribution in [0.1, 0.15) is 13.8 Å². The molecule has 1 rings (SSSR count). The fourth-order valence-electron chi connectivity index (χ4n) is 1.17.